The number of aromatic amines is 1. The van der Waals surface area contributed by atoms with E-state index in [1.54, 1.807) is 7.05 Å². The van der Waals surface area contributed by atoms with Crippen LogP contribution in [0.1, 0.15) is 24.4 Å². The highest BCUT2D eigenvalue weighted by Gasteiger charge is 2.41. The summed E-state index contributed by atoms with van der Waals surface area (Å²) in [6.45, 7) is 2.46. The summed E-state index contributed by atoms with van der Waals surface area (Å²) < 4.78 is 43.6. The standard InChI is InChI=1S/C15H21F3N4O2/c1-19-14(23)4-11-10-2-3-22(6-9(10)8-24-11)7-13-20-5-12(21-13)15(16,17)18/h5,9-11H,2-4,6-8H2,1H3,(H,19,23)(H,20,21)/t9-,10-,11+/m1/s1. The second-order valence-corrected chi connectivity index (χ2v) is 6.44. The summed E-state index contributed by atoms with van der Waals surface area (Å²) in [5.41, 5.74) is -0.817. The summed E-state index contributed by atoms with van der Waals surface area (Å²) in [5.74, 6) is 0.936. The predicted molar refractivity (Wildman–Crippen MR) is 78.9 cm³/mol. The lowest BCUT2D eigenvalue weighted by molar-refractivity contribution is -0.141. The minimum absolute atomic E-state index is 0.0293. The second-order valence-electron chi connectivity index (χ2n) is 6.44. The number of nitrogens with zero attached hydrogens (tertiary/aromatic N) is 2. The van der Waals surface area contributed by atoms with Gasteiger partial charge in [0.2, 0.25) is 5.91 Å². The molecule has 1 aromatic rings. The van der Waals surface area contributed by atoms with Crippen molar-refractivity contribution in [2.75, 3.05) is 26.7 Å². The Labute approximate surface area is 137 Å². The fraction of sp³-hybridized carbons (Fsp3) is 0.733. The summed E-state index contributed by atoms with van der Waals surface area (Å²) in [5, 5.41) is 2.61. The number of hydrogen-bond acceptors (Lipinski definition) is 4. The van der Waals surface area contributed by atoms with Gasteiger partial charge in [0.1, 0.15) is 11.5 Å². The van der Waals surface area contributed by atoms with E-state index in [4.69, 9.17) is 4.74 Å². The van der Waals surface area contributed by atoms with Gasteiger partial charge in [-0.1, -0.05) is 0 Å². The maximum Gasteiger partial charge on any atom is 0.432 e. The molecule has 0 aromatic carbocycles. The normalized spacial score (nSPS) is 27.9. The number of likely N-dealkylation sites (tertiary alicyclic amines) is 1. The quantitative estimate of drug-likeness (QED) is 0.865. The molecular formula is C15H21F3N4O2. The molecule has 6 nitrogen and oxygen atoms in total. The van der Waals surface area contributed by atoms with Crippen molar-refractivity contribution in [3.05, 3.63) is 17.7 Å². The van der Waals surface area contributed by atoms with Gasteiger partial charge in [0.05, 0.1) is 31.9 Å². The van der Waals surface area contributed by atoms with Gasteiger partial charge in [0, 0.05) is 19.5 Å². The van der Waals surface area contributed by atoms with Crippen molar-refractivity contribution in [3.63, 3.8) is 0 Å². The molecule has 134 valence electrons. The first-order valence-electron chi connectivity index (χ1n) is 8.02. The Morgan fingerprint density at radius 1 is 1.54 bits per heavy atom. The lowest BCUT2D eigenvalue weighted by Gasteiger charge is -2.35. The van der Waals surface area contributed by atoms with Gasteiger partial charge in [-0.3, -0.25) is 9.69 Å². The first kappa shape index (κ1) is 17.2. The molecule has 2 aliphatic rings. The number of rotatable bonds is 4. The molecule has 0 spiro atoms. The number of carbonyl (C=O) groups is 1. The first-order chi connectivity index (χ1) is 11.4. The summed E-state index contributed by atoms with van der Waals surface area (Å²) >= 11 is 0. The Kier molecular flexibility index (Phi) is 4.82. The lowest BCUT2D eigenvalue weighted by Crippen LogP contribution is -2.41. The summed E-state index contributed by atoms with van der Waals surface area (Å²) in [4.78, 5) is 19.8. The van der Waals surface area contributed by atoms with E-state index < -0.39 is 11.9 Å². The molecule has 1 aromatic heterocycles. The van der Waals surface area contributed by atoms with Crippen molar-refractivity contribution in [2.24, 2.45) is 11.8 Å². The van der Waals surface area contributed by atoms with E-state index in [-0.39, 0.29) is 12.0 Å². The number of nitrogens with one attached hydrogen (secondary N) is 2. The molecule has 2 saturated heterocycles. The zero-order valence-corrected chi connectivity index (χ0v) is 13.4. The SMILES string of the molecule is CNC(=O)C[C@@H]1OC[C@H]2CN(Cc3ncc(C(F)(F)F)[nH]3)CC[C@H]21. The smallest absolute Gasteiger partial charge is 0.377 e. The molecule has 0 radical (unpaired) electrons. The molecule has 3 atom stereocenters. The van der Waals surface area contributed by atoms with Gasteiger partial charge in [0.25, 0.3) is 0 Å². The van der Waals surface area contributed by atoms with Crippen LogP contribution in [0.2, 0.25) is 0 Å². The Balaban J connectivity index is 1.55. The Bertz CT molecular complexity index is 590. The Hall–Kier alpha value is -1.61. The van der Waals surface area contributed by atoms with Gasteiger partial charge in [-0.2, -0.15) is 13.2 Å². The van der Waals surface area contributed by atoms with E-state index >= 15 is 0 Å². The van der Waals surface area contributed by atoms with E-state index in [9.17, 15) is 18.0 Å². The topological polar surface area (TPSA) is 70.2 Å². The van der Waals surface area contributed by atoms with Gasteiger partial charge in [-0.25, -0.2) is 4.98 Å². The van der Waals surface area contributed by atoms with Crippen LogP contribution in [-0.2, 0) is 22.3 Å². The third-order valence-corrected chi connectivity index (χ3v) is 4.85. The molecule has 0 unspecified atom stereocenters. The van der Waals surface area contributed by atoms with Crippen molar-refractivity contribution < 1.29 is 22.7 Å². The van der Waals surface area contributed by atoms with Crippen LogP contribution in [0.3, 0.4) is 0 Å². The molecule has 3 heterocycles. The summed E-state index contributed by atoms with van der Waals surface area (Å²) in [6.07, 6.45) is -2.38. The van der Waals surface area contributed by atoms with Gasteiger partial charge in [-0.05, 0) is 18.9 Å². The maximum absolute atomic E-state index is 12.6. The van der Waals surface area contributed by atoms with Crippen molar-refractivity contribution in [1.29, 1.82) is 0 Å². The van der Waals surface area contributed by atoms with Crippen molar-refractivity contribution in [3.8, 4) is 0 Å². The molecule has 1 amide bonds. The van der Waals surface area contributed by atoms with Crippen molar-refractivity contribution >= 4 is 5.91 Å². The summed E-state index contributed by atoms with van der Waals surface area (Å²) in [7, 11) is 1.61. The van der Waals surface area contributed by atoms with Crippen LogP contribution < -0.4 is 5.32 Å². The molecule has 0 bridgehead atoms. The van der Waals surface area contributed by atoms with Crippen LogP contribution in [0.15, 0.2) is 6.20 Å². The molecule has 3 rings (SSSR count). The molecular weight excluding hydrogens is 325 g/mol. The minimum atomic E-state index is -4.40. The molecule has 2 N–H and O–H groups in total. The molecule has 24 heavy (non-hydrogen) atoms. The highest BCUT2D eigenvalue weighted by molar-refractivity contribution is 5.76. The van der Waals surface area contributed by atoms with Crippen LogP contribution >= 0.6 is 0 Å². The van der Waals surface area contributed by atoms with Gasteiger partial charge in [0.15, 0.2) is 0 Å². The number of hydrogen-bond donors (Lipinski definition) is 2. The molecule has 9 heteroatoms. The first-order valence-corrected chi connectivity index (χ1v) is 8.02. The highest BCUT2D eigenvalue weighted by atomic mass is 19.4. The number of aromatic nitrogens is 2. The maximum atomic E-state index is 12.6. The van der Waals surface area contributed by atoms with Crippen molar-refractivity contribution in [1.82, 2.24) is 20.2 Å². The molecule has 2 aliphatic heterocycles. The lowest BCUT2D eigenvalue weighted by atomic mass is 9.83. The summed E-state index contributed by atoms with van der Waals surface area (Å²) in [6, 6.07) is 0. The largest absolute Gasteiger partial charge is 0.432 e. The third kappa shape index (κ3) is 3.72. The number of piperidine rings is 1. The number of imidazole rings is 1. The Morgan fingerprint density at radius 3 is 3.00 bits per heavy atom. The number of carbonyl (C=O) groups excluding carboxylic acids is 1. The average molecular weight is 346 g/mol. The van der Waals surface area contributed by atoms with Crippen LogP contribution in [0.4, 0.5) is 13.2 Å². The number of amides is 1. The van der Waals surface area contributed by atoms with Gasteiger partial charge >= 0.3 is 6.18 Å². The number of fused-ring (bicyclic) bond motifs is 1. The van der Waals surface area contributed by atoms with Crippen LogP contribution in [-0.4, -0.2) is 53.6 Å². The number of halogens is 3. The average Bonchev–Trinajstić information content (AvgIpc) is 3.14. The second kappa shape index (κ2) is 6.72. The zero-order chi connectivity index (χ0) is 17.3. The van der Waals surface area contributed by atoms with Gasteiger partial charge < -0.3 is 15.0 Å². The van der Waals surface area contributed by atoms with E-state index in [2.05, 4.69) is 20.2 Å². The Morgan fingerprint density at radius 2 is 2.33 bits per heavy atom. The van der Waals surface area contributed by atoms with E-state index in [1.165, 1.54) is 0 Å². The van der Waals surface area contributed by atoms with Crippen LogP contribution in [0.25, 0.3) is 0 Å². The monoisotopic (exact) mass is 346 g/mol. The van der Waals surface area contributed by atoms with Crippen LogP contribution in [0.5, 0.6) is 0 Å². The molecule has 0 saturated carbocycles. The van der Waals surface area contributed by atoms with E-state index in [1.807, 2.05) is 0 Å². The number of ether oxygens (including phenoxy) is 1. The minimum Gasteiger partial charge on any atom is -0.377 e. The predicted octanol–water partition coefficient (Wildman–Crippen LogP) is 1.40. The number of H-pyrrole nitrogens is 1. The van der Waals surface area contributed by atoms with Gasteiger partial charge in [-0.15, -0.1) is 0 Å². The van der Waals surface area contributed by atoms with Crippen LogP contribution in [0, 0.1) is 11.8 Å². The highest BCUT2D eigenvalue weighted by Crippen LogP contribution is 2.36. The van der Waals surface area contributed by atoms with Crippen molar-refractivity contribution in [2.45, 2.75) is 31.7 Å². The van der Waals surface area contributed by atoms with E-state index in [0.717, 1.165) is 25.7 Å². The molecule has 0 aliphatic carbocycles. The van der Waals surface area contributed by atoms with E-state index in [0.29, 0.717) is 37.2 Å². The third-order valence-electron chi connectivity index (χ3n) is 4.85. The fourth-order valence-corrected chi connectivity index (χ4v) is 3.60. The zero-order valence-electron chi connectivity index (χ0n) is 13.4. The number of alkyl halides is 3. The fourth-order valence-electron chi connectivity index (χ4n) is 3.60. The molecule has 2 fully saturated rings.